The number of ether oxygens (including phenoxy) is 2. The first kappa shape index (κ1) is 18.5. The Kier molecular flexibility index (Phi) is 6.17. The zero-order valence-electron chi connectivity index (χ0n) is 15.0. The largest absolute Gasteiger partial charge is 0.480 e. The van der Waals surface area contributed by atoms with Crippen LogP contribution in [0.2, 0.25) is 0 Å². The van der Waals surface area contributed by atoms with E-state index in [-0.39, 0.29) is 5.91 Å². The fraction of sp³-hybridized carbons (Fsp3) is 0.300. The van der Waals surface area contributed by atoms with E-state index in [1.165, 1.54) is 7.11 Å². The third-order valence-electron chi connectivity index (χ3n) is 3.87. The van der Waals surface area contributed by atoms with Gasteiger partial charge in [0.05, 0.1) is 18.4 Å². The molecule has 2 aromatic carbocycles. The summed E-state index contributed by atoms with van der Waals surface area (Å²) in [5, 5.41) is 2.77. The Morgan fingerprint density at radius 1 is 1.12 bits per heavy atom. The van der Waals surface area contributed by atoms with Gasteiger partial charge in [-0.15, -0.1) is 0 Å². The highest BCUT2D eigenvalue weighted by atomic mass is 16.5. The van der Waals surface area contributed by atoms with Crippen molar-refractivity contribution in [1.29, 1.82) is 0 Å². The lowest BCUT2D eigenvalue weighted by molar-refractivity contribution is -0.122. The first-order chi connectivity index (χ1) is 12.0. The van der Waals surface area contributed by atoms with E-state index >= 15 is 0 Å². The van der Waals surface area contributed by atoms with Gasteiger partial charge in [0.15, 0.2) is 6.10 Å². The number of hydrogen-bond donors (Lipinski definition) is 1. The van der Waals surface area contributed by atoms with Gasteiger partial charge in [-0.05, 0) is 49.6 Å². The molecule has 0 radical (unpaired) electrons. The van der Waals surface area contributed by atoms with Gasteiger partial charge in [0.1, 0.15) is 5.75 Å². The van der Waals surface area contributed by atoms with Crippen LogP contribution in [0.3, 0.4) is 0 Å². The molecule has 5 nitrogen and oxygen atoms in total. The van der Waals surface area contributed by atoms with E-state index in [0.29, 0.717) is 23.4 Å². The van der Waals surface area contributed by atoms with Crippen molar-refractivity contribution in [3.63, 3.8) is 0 Å². The summed E-state index contributed by atoms with van der Waals surface area (Å²) in [7, 11) is 1.30. The van der Waals surface area contributed by atoms with Crippen molar-refractivity contribution in [3.8, 4) is 5.75 Å². The fourth-order valence-electron chi connectivity index (χ4n) is 2.40. The van der Waals surface area contributed by atoms with Gasteiger partial charge in [-0.25, -0.2) is 4.79 Å². The van der Waals surface area contributed by atoms with Gasteiger partial charge in [0.25, 0.3) is 5.91 Å². The van der Waals surface area contributed by atoms with E-state index in [9.17, 15) is 9.59 Å². The molecule has 2 rings (SSSR count). The first-order valence-electron chi connectivity index (χ1n) is 8.18. The number of amides is 1. The number of rotatable bonds is 6. The molecule has 0 aliphatic carbocycles. The van der Waals surface area contributed by atoms with Gasteiger partial charge in [-0.2, -0.15) is 0 Å². The van der Waals surface area contributed by atoms with E-state index in [4.69, 9.17) is 9.47 Å². The van der Waals surface area contributed by atoms with Crippen LogP contribution in [0.25, 0.3) is 0 Å². The van der Waals surface area contributed by atoms with Gasteiger partial charge in [-0.1, -0.05) is 31.2 Å². The molecule has 1 unspecified atom stereocenters. The summed E-state index contributed by atoms with van der Waals surface area (Å²) in [5.74, 6) is -0.123. The standard InChI is InChI=1S/C20H23NO4/c1-5-17(25-18-12-13(2)10-11-14(18)3)19(22)21-16-9-7-6-8-15(16)20(23)24-4/h6-12,17H,5H2,1-4H3,(H,21,22). The van der Waals surface area contributed by atoms with Gasteiger partial charge >= 0.3 is 5.97 Å². The molecule has 0 aliphatic rings. The zero-order valence-corrected chi connectivity index (χ0v) is 15.0. The van der Waals surface area contributed by atoms with Crippen LogP contribution in [-0.2, 0) is 9.53 Å². The first-order valence-corrected chi connectivity index (χ1v) is 8.18. The summed E-state index contributed by atoms with van der Waals surface area (Å²) in [6, 6.07) is 12.6. The van der Waals surface area contributed by atoms with Crippen LogP contribution < -0.4 is 10.1 Å². The average Bonchev–Trinajstić information content (AvgIpc) is 2.62. The molecule has 1 atom stereocenters. The minimum Gasteiger partial charge on any atom is -0.480 e. The van der Waals surface area contributed by atoms with Crippen LogP contribution in [0, 0.1) is 13.8 Å². The summed E-state index contributed by atoms with van der Waals surface area (Å²) >= 11 is 0. The number of hydrogen-bond acceptors (Lipinski definition) is 4. The predicted octanol–water partition coefficient (Wildman–Crippen LogP) is 3.89. The SMILES string of the molecule is CCC(Oc1cc(C)ccc1C)C(=O)Nc1ccccc1C(=O)OC. The molecule has 2 aromatic rings. The van der Waals surface area contributed by atoms with Crippen molar-refractivity contribution in [2.45, 2.75) is 33.3 Å². The molecule has 0 aromatic heterocycles. The number of anilines is 1. The van der Waals surface area contributed by atoms with Crippen molar-refractivity contribution in [3.05, 3.63) is 59.2 Å². The van der Waals surface area contributed by atoms with Crippen molar-refractivity contribution in [2.75, 3.05) is 12.4 Å². The van der Waals surface area contributed by atoms with Gasteiger partial charge in [0.2, 0.25) is 0 Å². The number of aryl methyl sites for hydroxylation is 2. The Hall–Kier alpha value is -2.82. The third-order valence-corrected chi connectivity index (χ3v) is 3.87. The molecule has 1 N–H and O–H groups in total. The van der Waals surface area contributed by atoms with Crippen LogP contribution in [-0.4, -0.2) is 25.1 Å². The summed E-state index contributed by atoms with van der Waals surface area (Å²) in [6.45, 7) is 5.79. The summed E-state index contributed by atoms with van der Waals surface area (Å²) in [5.41, 5.74) is 2.74. The predicted molar refractivity (Wildman–Crippen MR) is 97.0 cm³/mol. The second kappa shape index (κ2) is 8.33. The molecular weight excluding hydrogens is 318 g/mol. The minimum absolute atomic E-state index is 0.305. The molecule has 0 spiro atoms. The van der Waals surface area contributed by atoms with Crippen molar-refractivity contribution in [2.24, 2.45) is 0 Å². The molecule has 5 heteroatoms. The maximum Gasteiger partial charge on any atom is 0.339 e. The van der Waals surface area contributed by atoms with Crippen molar-refractivity contribution in [1.82, 2.24) is 0 Å². The molecule has 132 valence electrons. The highest BCUT2D eigenvalue weighted by Crippen LogP contribution is 2.22. The smallest absolute Gasteiger partial charge is 0.339 e. The lowest BCUT2D eigenvalue weighted by Gasteiger charge is -2.19. The van der Waals surface area contributed by atoms with Crippen LogP contribution >= 0.6 is 0 Å². The van der Waals surface area contributed by atoms with E-state index in [1.54, 1.807) is 24.3 Å². The van der Waals surface area contributed by atoms with Crippen LogP contribution in [0.15, 0.2) is 42.5 Å². The van der Waals surface area contributed by atoms with E-state index in [0.717, 1.165) is 11.1 Å². The highest BCUT2D eigenvalue weighted by molar-refractivity contribution is 6.02. The second-order valence-electron chi connectivity index (χ2n) is 5.81. The monoisotopic (exact) mass is 341 g/mol. The van der Waals surface area contributed by atoms with Gasteiger partial charge in [0, 0.05) is 0 Å². The topological polar surface area (TPSA) is 64.6 Å². The molecular formula is C20H23NO4. The summed E-state index contributed by atoms with van der Waals surface area (Å²) < 4.78 is 10.7. The fourth-order valence-corrected chi connectivity index (χ4v) is 2.40. The van der Waals surface area contributed by atoms with Gasteiger partial charge < -0.3 is 14.8 Å². The Labute approximate surface area is 148 Å². The number of para-hydroxylation sites is 1. The number of carbonyl (C=O) groups is 2. The summed E-state index contributed by atoms with van der Waals surface area (Å²) in [6.07, 6.45) is -0.161. The quantitative estimate of drug-likeness (QED) is 0.810. The van der Waals surface area contributed by atoms with E-state index in [1.807, 2.05) is 39.0 Å². The normalized spacial score (nSPS) is 11.5. The molecule has 0 bridgehead atoms. The maximum absolute atomic E-state index is 12.6. The Morgan fingerprint density at radius 2 is 1.84 bits per heavy atom. The van der Waals surface area contributed by atoms with Gasteiger partial charge in [-0.3, -0.25) is 4.79 Å². The van der Waals surface area contributed by atoms with Crippen molar-refractivity contribution >= 4 is 17.6 Å². The number of carbonyl (C=O) groups excluding carboxylic acids is 2. The number of methoxy groups -OCH3 is 1. The van der Waals surface area contributed by atoms with E-state index in [2.05, 4.69) is 5.32 Å². The number of benzene rings is 2. The highest BCUT2D eigenvalue weighted by Gasteiger charge is 2.21. The average molecular weight is 341 g/mol. The van der Waals surface area contributed by atoms with Crippen LogP contribution in [0.4, 0.5) is 5.69 Å². The zero-order chi connectivity index (χ0) is 18.4. The second-order valence-corrected chi connectivity index (χ2v) is 5.81. The molecule has 0 fully saturated rings. The number of nitrogens with one attached hydrogen (secondary N) is 1. The summed E-state index contributed by atoms with van der Waals surface area (Å²) in [4.78, 5) is 24.4. The van der Waals surface area contributed by atoms with Crippen LogP contribution in [0.1, 0.15) is 34.8 Å². The maximum atomic E-state index is 12.6. The lowest BCUT2D eigenvalue weighted by Crippen LogP contribution is -2.33. The Bertz CT molecular complexity index is 770. The van der Waals surface area contributed by atoms with Crippen LogP contribution in [0.5, 0.6) is 5.75 Å². The Morgan fingerprint density at radius 3 is 2.52 bits per heavy atom. The molecule has 0 aliphatic heterocycles. The lowest BCUT2D eigenvalue weighted by atomic mass is 10.1. The molecule has 1 amide bonds. The third kappa shape index (κ3) is 4.59. The van der Waals surface area contributed by atoms with Crippen molar-refractivity contribution < 1.29 is 19.1 Å². The molecule has 0 saturated carbocycles. The Balaban J connectivity index is 2.18. The molecule has 0 heterocycles. The molecule has 25 heavy (non-hydrogen) atoms. The minimum atomic E-state index is -0.661. The van der Waals surface area contributed by atoms with E-state index < -0.39 is 12.1 Å². The number of esters is 1. The molecule has 0 saturated heterocycles.